The number of ketones is 2. The molecule has 37 heavy (non-hydrogen) atoms. The third-order valence-electron chi connectivity index (χ3n) is 7.92. The van der Waals surface area contributed by atoms with E-state index in [1.807, 2.05) is 28.8 Å². The number of para-hydroxylation sites is 2. The van der Waals surface area contributed by atoms with E-state index in [1.54, 1.807) is 24.3 Å². The molecule has 0 radical (unpaired) electrons. The van der Waals surface area contributed by atoms with Gasteiger partial charge in [0.15, 0.2) is 6.20 Å². The van der Waals surface area contributed by atoms with Crippen LogP contribution >= 0.6 is 0 Å². The van der Waals surface area contributed by atoms with Gasteiger partial charge < -0.3 is 19.6 Å². The van der Waals surface area contributed by atoms with E-state index < -0.39 is 0 Å². The molecule has 0 spiro atoms. The van der Waals surface area contributed by atoms with Gasteiger partial charge >= 0.3 is 0 Å². The van der Waals surface area contributed by atoms with Crippen LogP contribution in [0.3, 0.4) is 0 Å². The van der Waals surface area contributed by atoms with E-state index in [0.717, 1.165) is 56.5 Å². The number of carbonyl (C=O) groups excluding carboxylic acids is 2. The minimum Gasteiger partial charge on any atom is -0.618 e. The zero-order valence-electron chi connectivity index (χ0n) is 21.3. The molecule has 0 bridgehead atoms. The van der Waals surface area contributed by atoms with Gasteiger partial charge in [0.05, 0.1) is 22.1 Å². The van der Waals surface area contributed by atoms with Crippen LogP contribution in [0.4, 0.5) is 0 Å². The summed E-state index contributed by atoms with van der Waals surface area (Å²) in [6.07, 6.45) is 4.43. The largest absolute Gasteiger partial charge is 0.618 e. The molecule has 0 unspecified atom stereocenters. The minimum absolute atomic E-state index is 0.176. The van der Waals surface area contributed by atoms with E-state index in [-0.39, 0.29) is 17.1 Å². The molecule has 1 saturated heterocycles. The van der Waals surface area contributed by atoms with Crippen molar-refractivity contribution < 1.29 is 14.3 Å². The van der Waals surface area contributed by atoms with Crippen molar-refractivity contribution in [3.05, 3.63) is 82.3 Å². The van der Waals surface area contributed by atoms with Gasteiger partial charge in [-0.15, -0.1) is 0 Å². The van der Waals surface area contributed by atoms with Crippen molar-refractivity contribution >= 4 is 33.4 Å². The molecule has 0 saturated carbocycles. The number of benzene rings is 2. The molecule has 0 atom stereocenters. The topological polar surface area (TPSA) is 72.5 Å². The Bertz CT molecular complexity index is 1510. The fourth-order valence-electron chi connectivity index (χ4n) is 6.10. The van der Waals surface area contributed by atoms with Crippen LogP contribution < -0.4 is 4.73 Å². The van der Waals surface area contributed by atoms with Crippen LogP contribution in [0.5, 0.6) is 0 Å². The van der Waals surface area contributed by atoms with E-state index in [9.17, 15) is 14.8 Å². The molecule has 7 heteroatoms. The molecule has 7 nitrogen and oxygen atoms in total. The Labute approximate surface area is 216 Å². The standard InChI is InChI=1S/C30H32N4O3/c1-2-13-31-16-18-32(19-17-31)14-7-8-15-33-24-11-5-3-9-21(24)27-28(33)30(36)26-22-10-4-6-12-25(22)34(37)20-23(26)29(27)35/h3-6,9-12,20H,2,7-8,13-19H2,1H3. The smallest absolute Gasteiger partial charge is 0.224 e. The summed E-state index contributed by atoms with van der Waals surface area (Å²) >= 11 is 0. The molecular weight excluding hydrogens is 464 g/mol. The Morgan fingerprint density at radius 3 is 2.19 bits per heavy atom. The number of aromatic nitrogens is 2. The average Bonchev–Trinajstić information content (AvgIpc) is 3.25. The summed E-state index contributed by atoms with van der Waals surface area (Å²) < 4.78 is 2.74. The number of nitrogens with zero attached hydrogens (tertiary/aromatic N) is 4. The second-order valence-corrected chi connectivity index (χ2v) is 10.2. The first kappa shape index (κ1) is 23.8. The number of carbonyl (C=O) groups is 2. The van der Waals surface area contributed by atoms with Crippen molar-refractivity contribution in [3.8, 4) is 0 Å². The molecule has 190 valence electrons. The number of rotatable bonds is 7. The molecule has 1 aliphatic heterocycles. The van der Waals surface area contributed by atoms with E-state index in [2.05, 4.69) is 16.7 Å². The molecule has 0 amide bonds. The van der Waals surface area contributed by atoms with Crippen LogP contribution in [0.15, 0.2) is 54.7 Å². The van der Waals surface area contributed by atoms with Gasteiger partial charge in [0.1, 0.15) is 5.69 Å². The summed E-state index contributed by atoms with van der Waals surface area (Å²) in [5.74, 6) is -0.426. The summed E-state index contributed by atoms with van der Waals surface area (Å²) in [4.78, 5) is 32.9. The quantitative estimate of drug-likeness (QED) is 0.193. The molecule has 2 aromatic carbocycles. The van der Waals surface area contributed by atoms with Gasteiger partial charge in [-0.1, -0.05) is 37.3 Å². The molecule has 0 N–H and O–H groups in total. The molecular formula is C30H32N4O3. The van der Waals surface area contributed by atoms with Crippen molar-refractivity contribution in [2.45, 2.75) is 32.7 Å². The van der Waals surface area contributed by atoms with Crippen molar-refractivity contribution in [2.24, 2.45) is 0 Å². The van der Waals surface area contributed by atoms with Crippen LogP contribution in [0, 0.1) is 5.21 Å². The number of aryl methyl sites for hydroxylation is 1. The summed E-state index contributed by atoms with van der Waals surface area (Å²) in [6, 6.07) is 14.7. The highest BCUT2D eigenvalue weighted by molar-refractivity contribution is 6.34. The maximum absolute atomic E-state index is 14.0. The van der Waals surface area contributed by atoms with Crippen LogP contribution in [-0.4, -0.2) is 65.2 Å². The number of fused-ring (bicyclic) bond motifs is 6. The van der Waals surface area contributed by atoms with Crippen LogP contribution in [0.25, 0.3) is 21.8 Å². The first-order valence-electron chi connectivity index (χ1n) is 13.4. The lowest BCUT2D eigenvalue weighted by molar-refractivity contribution is -0.577. The molecule has 6 rings (SSSR count). The Balaban J connectivity index is 1.30. The summed E-state index contributed by atoms with van der Waals surface area (Å²) in [5.41, 5.74) is 2.71. The van der Waals surface area contributed by atoms with E-state index in [4.69, 9.17) is 0 Å². The molecule has 4 aromatic rings. The zero-order valence-corrected chi connectivity index (χ0v) is 21.3. The SMILES string of the molecule is CCCN1CCN(CCCCn2c3c(c4ccccc42)C(=O)c2c[n+]([O-])c4ccccc4c2C3=O)CC1. The van der Waals surface area contributed by atoms with E-state index >= 15 is 0 Å². The van der Waals surface area contributed by atoms with Gasteiger partial charge in [-0.25, -0.2) is 0 Å². The maximum atomic E-state index is 14.0. The van der Waals surface area contributed by atoms with E-state index in [0.29, 0.717) is 39.0 Å². The summed E-state index contributed by atoms with van der Waals surface area (Å²) in [7, 11) is 0. The summed E-state index contributed by atoms with van der Waals surface area (Å²) in [6.45, 7) is 9.62. The van der Waals surface area contributed by atoms with Crippen LogP contribution in [0.1, 0.15) is 58.2 Å². The number of pyridine rings is 1. The number of hydrogen-bond acceptors (Lipinski definition) is 5. The average molecular weight is 497 g/mol. The number of hydrogen-bond donors (Lipinski definition) is 0. The number of unbranched alkanes of at least 4 members (excludes halogenated alkanes) is 1. The fourth-order valence-corrected chi connectivity index (χ4v) is 6.10. The first-order valence-corrected chi connectivity index (χ1v) is 13.4. The van der Waals surface area contributed by atoms with Gasteiger partial charge in [-0.3, -0.25) is 9.59 Å². The van der Waals surface area contributed by atoms with Crippen LogP contribution in [-0.2, 0) is 6.54 Å². The van der Waals surface area contributed by atoms with Crippen molar-refractivity contribution in [2.75, 3.05) is 39.3 Å². The highest BCUT2D eigenvalue weighted by Gasteiger charge is 2.38. The molecule has 3 heterocycles. The minimum atomic E-state index is -0.250. The highest BCUT2D eigenvalue weighted by atomic mass is 16.5. The second-order valence-electron chi connectivity index (χ2n) is 10.2. The monoisotopic (exact) mass is 496 g/mol. The van der Waals surface area contributed by atoms with Gasteiger partial charge in [0.25, 0.3) is 0 Å². The Morgan fingerprint density at radius 1 is 0.784 bits per heavy atom. The van der Waals surface area contributed by atoms with Crippen molar-refractivity contribution in [3.63, 3.8) is 0 Å². The molecule has 1 aliphatic carbocycles. The van der Waals surface area contributed by atoms with Gasteiger partial charge in [-0.2, -0.15) is 4.73 Å². The van der Waals surface area contributed by atoms with Gasteiger partial charge in [-0.05, 0) is 44.5 Å². The van der Waals surface area contributed by atoms with Gasteiger partial charge in [0.2, 0.25) is 17.1 Å². The Morgan fingerprint density at radius 2 is 1.43 bits per heavy atom. The Hall–Kier alpha value is -3.55. The second kappa shape index (κ2) is 9.72. The predicted molar refractivity (Wildman–Crippen MR) is 144 cm³/mol. The third-order valence-corrected chi connectivity index (χ3v) is 7.92. The lowest BCUT2D eigenvalue weighted by Gasteiger charge is -2.34. The Kier molecular flexibility index (Phi) is 6.26. The van der Waals surface area contributed by atoms with E-state index in [1.165, 1.54) is 19.2 Å². The first-order chi connectivity index (χ1) is 18.1. The zero-order chi connectivity index (χ0) is 25.5. The van der Waals surface area contributed by atoms with Gasteiger partial charge in [0, 0.05) is 49.7 Å². The fraction of sp³-hybridized carbons (Fsp3) is 0.367. The lowest BCUT2D eigenvalue weighted by Crippen LogP contribution is -2.46. The number of piperazine rings is 1. The lowest BCUT2D eigenvalue weighted by atomic mass is 9.85. The third kappa shape index (κ3) is 4.03. The summed E-state index contributed by atoms with van der Waals surface area (Å²) in [5, 5.41) is 14.0. The molecule has 1 fully saturated rings. The van der Waals surface area contributed by atoms with Crippen LogP contribution in [0.2, 0.25) is 0 Å². The van der Waals surface area contributed by atoms with Crippen molar-refractivity contribution in [1.29, 1.82) is 0 Å². The molecule has 2 aliphatic rings. The normalized spacial score (nSPS) is 16.5. The highest BCUT2D eigenvalue weighted by Crippen LogP contribution is 2.37. The van der Waals surface area contributed by atoms with Crippen molar-refractivity contribution in [1.82, 2.24) is 14.4 Å². The predicted octanol–water partition coefficient (Wildman–Crippen LogP) is 4.01. The molecule has 2 aromatic heterocycles. The maximum Gasteiger partial charge on any atom is 0.224 e.